The SMILES string of the molecule is NC(=O)C1CCCN(Cc2ccc(NC(=O)c3cnc(-c4ccccc4)s3)cc2)C1. The van der Waals surface area contributed by atoms with E-state index < -0.39 is 0 Å². The highest BCUT2D eigenvalue weighted by Gasteiger charge is 2.23. The fraction of sp³-hybridized carbons (Fsp3) is 0.261. The standard InChI is InChI=1S/C23H24N4O2S/c24-21(28)18-7-4-12-27(15-18)14-16-8-10-19(11-9-16)26-22(29)20-13-25-23(30-20)17-5-2-1-3-6-17/h1-3,5-6,8-11,13,18H,4,7,12,14-15H2,(H2,24,28)(H,26,29). The number of aromatic nitrogens is 1. The lowest BCUT2D eigenvalue weighted by Crippen LogP contribution is -2.40. The second-order valence-electron chi connectivity index (χ2n) is 7.52. The molecule has 1 unspecified atom stereocenters. The van der Waals surface area contributed by atoms with E-state index in [-0.39, 0.29) is 17.7 Å². The summed E-state index contributed by atoms with van der Waals surface area (Å²) in [6.07, 6.45) is 3.48. The number of thiazole rings is 1. The molecule has 3 N–H and O–H groups in total. The van der Waals surface area contributed by atoms with Gasteiger partial charge in [0, 0.05) is 24.3 Å². The van der Waals surface area contributed by atoms with Gasteiger partial charge in [0.25, 0.3) is 5.91 Å². The fourth-order valence-electron chi connectivity index (χ4n) is 3.67. The van der Waals surface area contributed by atoms with Gasteiger partial charge in [0.2, 0.25) is 5.91 Å². The number of benzene rings is 2. The van der Waals surface area contributed by atoms with Crippen molar-refractivity contribution in [3.8, 4) is 10.6 Å². The van der Waals surface area contributed by atoms with Gasteiger partial charge in [0.05, 0.1) is 12.1 Å². The third-order valence-electron chi connectivity index (χ3n) is 5.28. The van der Waals surface area contributed by atoms with Crippen LogP contribution >= 0.6 is 11.3 Å². The molecule has 2 aromatic carbocycles. The lowest BCUT2D eigenvalue weighted by atomic mass is 9.97. The molecule has 0 saturated carbocycles. The molecule has 1 aliphatic rings. The number of carbonyl (C=O) groups is 2. The van der Waals surface area contributed by atoms with Crippen molar-refractivity contribution in [2.75, 3.05) is 18.4 Å². The number of nitrogens with two attached hydrogens (primary N) is 1. The predicted molar refractivity (Wildman–Crippen MR) is 119 cm³/mol. The lowest BCUT2D eigenvalue weighted by molar-refractivity contribution is -0.123. The van der Waals surface area contributed by atoms with Gasteiger partial charge in [-0.15, -0.1) is 11.3 Å². The van der Waals surface area contributed by atoms with Crippen LogP contribution in [0.15, 0.2) is 60.8 Å². The van der Waals surface area contributed by atoms with Crippen molar-refractivity contribution >= 4 is 28.8 Å². The Bertz CT molecular complexity index is 1020. The first-order chi connectivity index (χ1) is 14.6. The van der Waals surface area contributed by atoms with Gasteiger partial charge in [-0.1, -0.05) is 42.5 Å². The summed E-state index contributed by atoms with van der Waals surface area (Å²) < 4.78 is 0. The summed E-state index contributed by atoms with van der Waals surface area (Å²) >= 11 is 1.37. The van der Waals surface area contributed by atoms with Crippen molar-refractivity contribution in [3.63, 3.8) is 0 Å². The van der Waals surface area contributed by atoms with E-state index in [4.69, 9.17) is 5.73 Å². The molecule has 7 heteroatoms. The van der Waals surface area contributed by atoms with E-state index in [0.29, 0.717) is 11.4 Å². The van der Waals surface area contributed by atoms with Crippen molar-refractivity contribution < 1.29 is 9.59 Å². The molecule has 3 aromatic rings. The Hall–Kier alpha value is -3.03. The molecule has 1 aliphatic heterocycles. The first kappa shape index (κ1) is 20.3. The normalized spacial score (nSPS) is 16.9. The van der Waals surface area contributed by atoms with E-state index >= 15 is 0 Å². The Morgan fingerprint density at radius 3 is 2.63 bits per heavy atom. The first-order valence-electron chi connectivity index (χ1n) is 10.0. The maximum atomic E-state index is 12.6. The number of anilines is 1. The van der Waals surface area contributed by atoms with E-state index in [1.165, 1.54) is 11.3 Å². The number of hydrogen-bond acceptors (Lipinski definition) is 5. The van der Waals surface area contributed by atoms with Gasteiger partial charge in [-0.25, -0.2) is 4.98 Å². The number of carbonyl (C=O) groups excluding carboxylic acids is 2. The average molecular weight is 421 g/mol. The molecule has 2 heterocycles. The lowest BCUT2D eigenvalue weighted by Gasteiger charge is -2.31. The van der Waals surface area contributed by atoms with Crippen LogP contribution in [0.4, 0.5) is 5.69 Å². The summed E-state index contributed by atoms with van der Waals surface area (Å²) in [4.78, 5) is 31.2. The van der Waals surface area contributed by atoms with E-state index in [9.17, 15) is 9.59 Å². The van der Waals surface area contributed by atoms with Gasteiger partial charge in [0.1, 0.15) is 9.88 Å². The molecule has 0 spiro atoms. The molecule has 1 atom stereocenters. The van der Waals surface area contributed by atoms with Crippen LogP contribution in [-0.2, 0) is 11.3 Å². The smallest absolute Gasteiger partial charge is 0.267 e. The molecule has 6 nitrogen and oxygen atoms in total. The zero-order chi connectivity index (χ0) is 20.9. The van der Waals surface area contributed by atoms with Crippen molar-refractivity contribution in [3.05, 3.63) is 71.2 Å². The topological polar surface area (TPSA) is 88.3 Å². The molecule has 0 aliphatic carbocycles. The number of nitrogens with one attached hydrogen (secondary N) is 1. The summed E-state index contributed by atoms with van der Waals surface area (Å²) in [5.41, 5.74) is 8.35. The molecular formula is C23H24N4O2S. The second kappa shape index (κ2) is 9.19. The van der Waals surface area contributed by atoms with E-state index in [0.717, 1.165) is 47.8 Å². The fourth-order valence-corrected chi connectivity index (χ4v) is 4.49. The zero-order valence-electron chi connectivity index (χ0n) is 16.6. The Morgan fingerprint density at radius 1 is 1.13 bits per heavy atom. The number of piperidine rings is 1. The highest BCUT2D eigenvalue weighted by Crippen LogP contribution is 2.25. The minimum Gasteiger partial charge on any atom is -0.369 e. The highest BCUT2D eigenvalue weighted by molar-refractivity contribution is 7.17. The molecule has 1 fully saturated rings. The molecular weight excluding hydrogens is 396 g/mol. The van der Waals surface area contributed by atoms with Crippen LogP contribution in [0.5, 0.6) is 0 Å². The summed E-state index contributed by atoms with van der Waals surface area (Å²) in [6, 6.07) is 17.6. The number of amides is 2. The Morgan fingerprint density at radius 2 is 1.90 bits per heavy atom. The summed E-state index contributed by atoms with van der Waals surface area (Å²) in [5, 5.41) is 3.76. The second-order valence-corrected chi connectivity index (χ2v) is 8.55. The van der Waals surface area contributed by atoms with Crippen LogP contribution in [0.3, 0.4) is 0 Å². The first-order valence-corrected chi connectivity index (χ1v) is 10.8. The van der Waals surface area contributed by atoms with Crippen molar-refractivity contribution in [2.45, 2.75) is 19.4 Å². The maximum absolute atomic E-state index is 12.6. The molecule has 2 amide bonds. The van der Waals surface area contributed by atoms with Crippen LogP contribution in [-0.4, -0.2) is 34.8 Å². The summed E-state index contributed by atoms with van der Waals surface area (Å²) in [7, 11) is 0. The number of rotatable bonds is 6. The Labute approximate surface area is 179 Å². The average Bonchev–Trinajstić information content (AvgIpc) is 3.26. The van der Waals surface area contributed by atoms with Crippen molar-refractivity contribution in [1.82, 2.24) is 9.88 Å². The van der Waals surface area contributed by atoms with Gasteiger partial charge in [-0.05, 0) is 37.1 Å². The Kier molecular flexibility index (Phi) is 6.21. The van der Waals surface area contributed by atoms with Gasteiger partial charge in [-0.3, -0.25) is 14.5 Å². The van der Waals surface area contributed by atoms with Gasteiger partial charge < -0.3 is 11.1 Å². The quantitative estimate of drug-likeness (QED) is 0.636. The number of nitrogens with zero attached hydrogens (tertiary/aromatic N) is 2. The number of hydrogen-bond donors (Lipinski definition) is 2. The van der Waals surface area contributed by atoms with Gasteiger partial charge in [0.15, 0.2) is 0 Å². The van der Waals surface area contributed by atoms with E-state index in [1.807, 2.05) is 54.6 Å². The molecule has 1 aromatic heterocycles. The molecule has 1 saturated heterocycles. The summed E-state index contributed by atoms with van der Waals surface area (Å²) in [5.74, 6) is -0.434. The Balaban J connectivity index is 1.35. The van der Waals surface area contributed by atoms with E-state index in [1.54, 1.807) is 6.20 Å². The molecule has 154 valence electrons. The molecule has 30 heavy (non-hydrogen) atoms. The number of primary amides is 1. The van der Waals surface area contributed by atoms with Crippen LogP contribution < -0.4 is 11.1 Å². The molecule has 0 radical (unpaired) electrons. The van der Waals surface area contributed by atoms with E-state index in [2.05, 4.69) is 15.2 Å². The van der Waals surface area contributed by atoms with Gasteiger partial charge in [-0.2, -0.15) is 0 Å². The van der Waals surface area contributed by atoms with Crippen molar-refractivity contribution in [2.24, 2.45) is 11.7 Å². The summed E-state index contributed by atoms with van der Waals surface area (Å²) in [6.45, 7) is 2.45. The van der Waals surface area contributed by atoms with Gasteiger partial charge >= 0.3 is 0 Å². The van der Waals surface area contributed by atoms with Crippen LogP contribution in [0.1, 0.15) is 28.1 Å². The predicted octanol–water partition coefficient (Wildman–Crippen LogP) is 3.76. The zero-order valence-corrected chi connectivity index (χ0v) is 17.4. The van der Waals surface area contributed by atoms with Crippen LogP contribution in [0, 0.1) is 5.92 Å². The minimum atomic E-state index is -0.212. The third-order valence-corrected chi connectivity index (χ3v) is 6.32. The van der Waals surface area contributed by atoms with Crippen molar-refractivity contribution in [1.29, 1.82) is 0 Å². The maximum Gasteiger partial charge on any atom is 0.267 e. The largest absolute Gasteiger partial charge is 0.369 e. The van der Waals surface area contributed by atoms with Crippen LogP contribution in [0.2, 0.25) is 0 Å². The third kappa shape index (κ3) is 4.93. The number of likely N-dealkylation sites (tertiary alicyclic amines) is 1. The minimum absolute atomic E-state index is 0.0579. The highest BCUT2D eigenvalue weighted by atomic mass is 32.1. The van der Waals surface area contributed by atoms with Crippen LogP contribution in [0.25, 0.3) is 10.6 Å². The molecule has 4 rings (SSSR count). The molecule has 0 bridgehead atoms. The monoisotopic (exact) mass is 420 g/mol.